The summed E-state index contributed by atoms with van der Waals surface area (Å²) in [5.41, 5.74) is 1.27. The van der Waals surface area contributed by atoms with E-state index < -0.39 is 0 Å². The zero-order valence-electron chi connectivity index (χ0n) is 11.9. The van der Waals surface area contributed by atoms with Crippen LogP contribution in [0.5, 0.6) is 0 Å². The van der Waals surface area contributed by atoms with E-state index in [-0.39, 0.29) is 0 Å². The van der Waals surface area contributed by atoms with Gasteiger partial charge in [0.15, 0.2) is 0 Å². The minimum absolute atomic E-state index is 1.24. The Bertz CT molecular complexity index is 537. The van der Waals surface area contributed by atoms with Crippen molar-refractivity contribution in [2.24, 2.45) is 0 Å². The molecule has 2 heteroatoms. The molecule has 0 amide bonds. The maximum absolute atomic E-state index is 2.34. The third-order valence-electron chi connectivity index (χ3n) is 3.27. The maximum Gasteiger partial charge on any atom is 0.0273 e. The van der Waals surface area contributed by atoms with Crippen molar-refractivity contribution in [1.82, 2.24) is 0 Å². The van der Waals surface area contributed by atoms with Crippen molar-refractivity contribution in [1.29, 1.82) is 0 Å². The highest BCUT2D eigenvalue weighted by Gasteiger charge is 1.98. The van der Waals surface area contributed by atoms with E-state index in [1.807, 2.05) is 11.3 Å². The molecule has 0 bridgehead atoms. The van der Waals surface area contributed by atoms with Gasteiger partial charge >= 0.3 is 0 Å². The van der Waals surface area contributed by atoms with Gasteiger partial charge in [-0.05, 0) is 71.3 Å². The van der Waals surface area contributed by atoms with E-state index >= 15 is 0 Å². The minimum Gasteiger partial charge on any atom is -0.141 e. The summed E-state index contributed by atoms with van der Waals surface area (Å²) in [5, 5.41) is 0. The van der Waals surface area contributed by atoms with Gasteiger partial charge in [0.25, 0.3) is 0 Å². The lowest BCUT2D eigenvalue weighted by molar-refractivity contribution is 0.670. The molecule has 2 aromatic rings. The van der Waals surface area contributed by atoms with Crippen molar-refractivity contribution < 1.29 is 0 Å². The second kappa shape index (κ2) is 8.63. The summed E-state index contributed by atoms with van der Waals surface area (Å²) in [5.74, 6) is 0. The van der Waals surface area contributed by atoms with Crippen LogP contribution in [0.2, 0.25) is 0 Å². The standard InChI is InChI=1S/C18H21IS/c1-2-3-4-5-6-17-13-14-18(20-17)12-9-15-7-10-16(19)11-8-15/h7-14H,2-6H2,1H3. The first kappa shape index (κ1) is 15.8. The summed E-state index contributed by atoms with van der Waals surface area (Å²) in [7, 11) is 0. The molecule has 0 N–H and O–H groups in total. The maximum atomic E-state index is 2.34. The zero-order chi connectivity index (χ0) is 14.2. The molecule has 0 aliphatic rings. The summed E-state index contributed by atoms with van der Waals surface area (Å²) in [6, 6.07) is 13.1. The Balaban J connectivity index is 1.87. The average molecular weight is 396 g/mol. The van der Waals surface area contributed by atoms with Crippen LogP contribution < -0.4 is 0 Å². The fourth-order valence-electron chi connectivity index (χ4n) is 2.10. The lowest BCUT2D eigenvalue weighted by Gasteiger charge is -1.96. The molecule has 0 unspecified atom stereocenters. The van der Waals surface area contributed by atoms with Crippen LogP contribution in [-0.4, -0.2) is 0 Å². The minimum atomic E-state index is 1.24. The molecule has 0 spiro atoms. The summed E-state index contributed by atoms with van der Waals surface area (Å²) in [6.07, 6.45) is 11.0. The molecule has 1 heterocycles. The fourth-order valence-corrected chi connectivity index (χ4v) is 3.41. The topological polar surface area (TPSA) is 0 Å². The van der Waals surface area contributed by atoms with Gasteiger partial charge in [-0.2, -0.15) is 0 Å². The Morgan fingerprint density at radius 3 is 2.50 bits per heavy atom. The molecule has 20 heavy (non-hydrogen) atoms. The van der Waals surface area contributed by atoms with E-state index in [0.29, 0.717) is 0 Å². The van der Waals surface area contributed by atoms with Crippen LogP contribution in [0, 0.1) is 3.57 Å². The molecule has 0 aliphatic carbocycles. The lowest BCUT2D eigenvalue weighted by Crippen LogP contribution is -1.80. The monoisotopic (exact) mass is 396 g/mol. The van der Waals surface area contributed by atoms with Crippen molar-refractivity contribution >= 4 is 46.1 Å². The molecule has 0 fully saturated rings. The predicted octanol–water partition coefficient (Wildman–Crippen LogP) is 6.65. The van der Waals surface area contributed by atoms with Crippen LogP contribution in [-0.2, 0) is 6.42 Å². The normalized spacial score (nSPS) is 11.3. The smallest absolute Gasteiger partial charge is 0.0273 e. The number of unbranched alkanes of at least 4 members (excludes halogenated alkanes) is 3. The van der Waals surface area contributed by atoms with Gasteiger partial charge in [-0.1, -0.05) is 44.4 Å². The first-order valence-corrected chi connectivity index (χ1v) is 9.20. The highest BCUT2D eigenvalue weighted by molar-refractivity contribution is 14.1. The van der Waals surface area contributed by atoms with Gasteiger partial charge in [0.1, 0.15) is 0 Å². The average Bonchev–Trinajstić information content (AvgIpc) is 2.91. The number of benzene rings is 1. The second-order valence-corrected chi connectivity index (χ2v) is 7.45. The van der Waals surface area contributed by atoms with E-state index in [0.717, 1.165) is 0 Å². The van der Waals surface area contributed by atoms with Crippen molar-refractivity contribution in [2.45, 2.75) is 39.0 Å². The van der Waals surface area contributed by atoms with Crippen molar-refractivity contribution in [3.63, 3.8) is 0 Å². The second-order valence-electron chi connectivity index (χ2n) is 5.00. The fraction of sp³-hybridized carbons (Fsp3) is 0.333. The van der Waals surface area contributed by atoms with Crippen molar-refractivity contribution in [3.05, 3.63) is 55.3 Å². The summed E-state index contributed by atoms with van der Waals surface area (Å²) < 4.78 is 1.28. The van der Waals surface area contributed by atoms with E-state index in [2.05, 4.69) is 78.1 Å². The molecule has 1 aromatic carbocycles. The summed E-state index contributed by atoms with van der Waals surface area (Å²) >= 11 is 4.26. The third kappa shape index (κ3) is 5.41. The van der Waals surface area contributed by atoms with E-state index in [4.69, 9.17) is 0 Å². The number of rotatable bonds is 7. The van der Waals surface area contributed by atoms with Gasteiger partial charge in [-0.15, -0.1) is 11.3 Å². The number of hydrogen-bond donors (Lipinski definition) is 0. The summed E-state index contributed by atoms with van der Waals surface area (Å²) in [6.45, 7) is 2.26. The van der Waals surface area contributed by atoms with Crippen LogP contribution in [0.15, 0.2) is 36.4 Å². The number of thiophene rings is 1. The molecule has 0 radical (unpaired) electrons. The van der Waals surface area contributed by atoms with Crippen molar-refractivity contribution in [3.8, 4) is 0 Å². The van der Waals surface area contributed by atoms with Crippen LogP contribution >= 0.6 is 33.9 Å². The molecule has 2 rings (SSSR count). The molecule has 1 aromatic heterocycles. The quantitative estimate of drug-likeness (QED) is 0.363. The van der Waals surface area contributed by atoms with Crippen LogP contribution in [0.1, 0.15) is 47.9 Å². The third-order valence-corrected chi connectivity index (χ3v) is 5.10. The Morgan fingerprint density at radius 1 is 0.950 bits per heavy atom. The van der Waals surface area contributed by atoms with Crippen LogP contribution in [0.3, 0.4) is 0 Å². The van der Waals surface area contributed by atoms with Crippen LogP contribution in [0.25, 0.3) is 12.2 Å². The Hall–Kier alpha value is -0.610. The first-order valence-electron chi connectivity index (χ1n) is 7.30. The van der Waals surface area contributed by atoms with Gasteiger partial charge in [-0.3, -0.25) is 0 Å². The van der Waals surface area contributed by atoms with Gasteiger partial charge in [0.2, 0.25) is 0 Å². The molecular formula is C18H21IS. The van der Waals surface area contributed by atoms with E-state index in [1.54, 1.807) is 0 Å². The molecule has 106 valence electrons. The molecule has 0 atom stereocenters. The Morgan fingerprint density at radius 2 is 1.75 bits per heavy atom. The molecular weight excluding hydrogens is 375 g/mol. The van der Waals surface area contributed by atoms with Gasteiger partial charge < -0.3 is 0 Å². The predicted molar refractivity (Wildman–Crippen MR) is 100 cm³/mol. The summed E-state index contributed by atoms with van der Waals surface area (Å²) in [4.78, 5) is 2.87. The Kier molecular flexibility index (Phi) is 6.80. The van der Waals surface area contributed by atoms with E-state index in [9.17, 15) is 0 Å². The number of aryl methyl sites for hydroxylation is 1. The molecule has 0 nitrogen and oxygen atoms in total. The first-order chi connectivity index (χ1) is 9.78. The molecule has 0 saturated heterocycles. The zero-order valence-corrected chi connectivity index (χ0v) is 14.9. The SMILES string of the molecule is CCCCCCc1ccc(C=Cc2ccc(I)cc2)s1. The van der Waals surface area contributed by atoms with Gasteiger partial charge in [0.05, 0.1) is 0 Å². The van der Waals surface area contributed by atoms with Crippen molar-refractivity contribution in [2.75, 3.05) is 0 Å². The van der Waals surface area contributed by atoms with Gasteiger partial charge in [0, 0.05) is 13.3 Å². The Labute approximate surface area is 140 Å². The molecule has 0 saturated carbocycles. The highest BCUT2D eigenvalue weighted by Crippen LogP contribution is 2.21. The van der Waals surface area contributed by atoms with Gasteiger partial charge in [-0.25, -0.2) is 0 Å². The van der Waals surface area contributed by atoms with Crippen LogP contribution in [0.4, 0.5) is 0 Å². The number of hydrogen-bond acceptors (Lipinski definition) is 1. The molecule has 0 aliphatic heterocycles. The largest absolute Gasteiger partial charge is 0.141 e. The lowest BCUT2D eigenvalue weighted by atomic mass is 10.1. The number of halogens is 1. The van der Waals surface area contributed by atoms with E-state index in [1.165, 1.54) is 51.0 Å². The highest BCUT2D eigenvalue weighted by atomic mass is 127.